The van der Waals surface area contributed by atoms with E-state index < -0.39 is 0 Å². The molecule has 0 N–H and O–H groups in total. The van der Waals surface area contributed by atoms with Gasteiger partial charge in [0.15, 0.2) is 0 Å². The maximum Gasteiger partial charge on any atom is 0.223 e. The average Bonchev–Trinajstić information content (AvgIpc) is 2.56. The van der Waals surface area contributed by atoms with Crippen LogP contribution in [0.5, 0.6) is 0 Å². The Kier molecular flexibility index (Phi) is 6.45. The van der Waals surface area contributed by atoms with E-state index in [-0.39, 0.29) is 17.4 Å². The quantitative estimate of drug-likeness (QED) is 0.776. The van der Waals surface area contributed by atoms with E-state index >= 15 is 0 Å². The minimum Gasteiger partial charge on any atom is -0.378 e. The Hall–Kier alpha value is -1.35. The summed E-state index contributed by atoms with van der Waals surface area (Å²) in [5.74, 6) is 0.739. The van der Waals surface area contributed by atoms with E-state index in [4.69, 9.17) is 4.74 Å². The summed E-state index contributed by atoms with van der Waals surface area (Å²) in [6.45, 7) is 12.9. The van der Waals surface area contributed by atoms with Crippen molar-refractivity contribution in [3.63, 3.8) is 0 Å². The van der Waals surface area contributed by atoms with Crippen molar-refractivity contribution in [1.82, 2.24) is 4.90 Å². The van der Waals surface area contributed by atoms with E-state index in [1.54, 1.807) is 0 Å². The van der Waals surface area contributed by atoms with Gasteiger partial charge in [0.1, 0.15) is 0 Å². The molecule has 0 spiro atoms. The molecule has 1 aromatic carbocycles. The van der Waals surface area contributed by atoms with Crippen molar-refractivity contribution >= 4 is 5.91 Å². The van der Waals surface area contributed by atoms with Crippen molar-refractivity contribution in [2.24, 2.45) is 5.92 Å². The lowest BCUT2D eigenvalue weighted by Crippen LogP contribution is -2.45. The smallest absolute Gasteiger partial charge is 0.223 e. The van der Waals surface area contributed by atoms with E-state index in [0.29, 0.717) is 12.3 Å². The summed E-state index contributed by atoms with van der Waals surface area (Å²) < 4.78 is 6.01. The van der Waals surface area contributed by atoms with Crippen molar-refractivity contribution in [2.75, 3.05) is 19.7 Å². The van der Waals surface area contributed by atoms with E-state index in [2.05, 4.69) is 58.9 Å². The molecule has 1 aliphatic heterocycles. The third-order valence-corrected chi connectivity index (χ3v) is 5.52. The molecule has 0 aliphatic carbocycles. The van der Waals surface area contributed by atoms with Gasteiger partial charge < -0.3 is 9.64 Å². The number of carbonyl (C=O) groups excluding carboxylic acids is 1. The van der Waals surface area contributed by atoms with Gasteiger partial charge in [-0.25, -0.2) is 0 Å². The summed E-state index contributed by atoms with van der Waals surface area (Å²) in [5, 5.41) is 0. The summed E-state index contributed by atoms with van der Waals surface area (Å²) in [5.41, 5.74) is 2.46. The maximum atomic E-state index is 12.9. The lowest BCUT2D eigenvalue weighted by Gasteiger charge is -2.43. The second kappa shape index (κ2) is 8.15. The molecule has 134 valence electrons. The van der Waals surface area contributed by atoms with Crippen LogP contribution >= 0.6 is 0 Å². The second-order valence-electron chi connectivity index (χ2n) is 7.50. The minimum absolute atomic E-state index is 0.0967. The predicted molar refractivity (Wildman–Crippen MR) is 99.2 cm³/mol. The maximum absolute atomic E-state index is 12.9. The molecule has 1 aliphatic rings. The van der Waals surface area contributed by atoms with Crippen molar-refractivity contribution in [3.8, 4) is 0 Å². The van der Waals surface area contributed by atoms with Crippen LogP contribution in [0.15, 0.2) is 24.3 Å². The molecular weight excluding hydrogens is 298 g/mol. The lowest BCUT2D eigenvalue weighted by atomic mass is 9.68. The summed E-state index contributed by atoms with van der Waals surface area (Å²) in [6, 6.07) is 8.76. The number of ether oxygens (including phenoxy) is 1. The van der Waals surface area contributed by atoms with Crippen LogP contribution < -0.4 is 0 Å². The van der Waals surface area contributed by atoms with Crippen LogP contribution in [0, 0.1) is 12.8 Å². The van der Waals surface area contributed by atoms with Crippen LogP contribution in [0.4, 0.5) is 0 Å². The van der Waals surface area contributed by atoms with Gasteiger partial charge in [0.05, 0.1) is 6.10 Å². The summed E-state index contributed by atoms with van der Waals surface area (Å²) in [4.78, 5) is 14.8. The first-order valence-corrected chi connectivity index (χ1v) is 9.38. The van der Waals surface area contributed by atoms with Crippen molar-refractivity contribution in [3.05, 3.63) is 35.4 Å². The van der Waals surface area contributed by atoms with Gasteiger partial charge in [0, 0.05) is 31.5 Å². The Bertz CT molecular complexity index is 533. The Morgan fingerprint density at radius 3 is 2.42 bits per heavy atom. The molecule has 1 heterocycles. The number of hydrogen-bond donors (Lipinski definition) is 0. The highest BCUT2D eigenvalue weighted by molar-refractivity contribution is 5.78. The fourth-order valence-corrected chi connectivity index (χ4v) is 3.79. The van der Waals surface area contributed by atoms with Gasteiger partial charge in [-0.3, -0.25) is 4.79 Å². The van der Waals surface area contributed by atoms with Gasteiger partial charge in [0.2, 0.25) is 5.91 Å². The van der Waals surface area contributed by atoms with E-state index in [1.807, 2.05) is 4.90 Å². The Morgan fingerprint density at radius 2 is 1.88 bits per heavy atom. The first-order valence-electron chi connectivity index (χ1n) is 9.38. The van der Waals surface area contributed by atoms with Crippen LogP contribution in [0.2, 0.25) is 0 Å². The van der Waals surface area contributed by atoms with Crippen molar-refractivity contribution in [2.45, 2.75) is 65.4 Å². The van der Waals surface area contributed by atoms with Gasteiger partial charge >= 0.3 is 0 Å². The molecule has 0 radical (unpaired) electrons. The molecule has 2 rings (SSSR count). The number of hydrogen-bond acceptors (Lipinski definition) is 2. The fourth-order valence-electron chi connectivity index (χ4n) is 3.79. The topological polar surface area (TPSA) is 29.5 Å². The van der Waals surface area contributed by atoms with Crippen LogP contribution in [0.25, 0.3) is 0 Å². The van der Waals surface area contributed by atoms with Gasteiger partial charge in [-0.1, -0.05) is 43.7 Å². The van der Waals surface area contributed by atoms with Gasteiger partial charge in [-0.15, -0.1) is 0 Å². The van der Waals surface area contributed by atoms with Crippen molar-refractivity contribution in [1.29, 1.82) is 0 Å². The monoisotopic (exact) mass is 331 g/mol. The largest absolute Gasteiger partial charge is 0.378 e. The number of nitrogens with zero attached hydrogens (tertiary/aromatic N) is 1. The number of amides is 1. The summed E-state index contributed by atoms with van der Waals surface area (Å²) >= 11 is 0. The predicted octanol–water partition coefficient (Wildman–Crippen LogP) is 4.33. The Labute approximate surface area is 147 Å². The van der Waals surface area contributed by atoms with Gasteiger partial charge in [-0.05, 0) is 45.1 Å². The van der Waals surface area contributed by atoms with Gasteiger partial charge in [0.25, 0.3) is 0 Å². The Morgan fingerprint density at radius 1 is 1.25 bits per heavy atom. The molecule has 3 nitrogen and oxygen atoms in total. The van der Waals surface area contributed by atoms with Crippen LogP contribution in [0.3, 0.4) is 0 Å². The fraction of sp³-hybridized carbons (Fsp3) is 0.667. The molecular formula is C21H33NO2. The van der Waals surface area contributed by atoms with Crippen LogP contribution in [0.1, 0.15) is 58.1 Å². The highest BCUT2D eigenvalue weighted by Crippen LogP contribution is 2.42. The zero-order valence-electron chi connectivity index (χ0n) is 16.0. The van der Waals surface area contributed by atoms with E-state index in [0.717, 1.165) is 32.5 Å². The number of rotatable bonds is 6. The molecule has 3 heteroatoms. The summed E-state index contributed by atoms with van der Waals surface area (Å²) in [7, 11) is 0. The molecule has 0 aromatic heterocycles. The molecule has 1 saturated heterocycles. The third-order valence-electron chi connectivity index (χ3n) is 5.52. The standard InChI is InChI=1S/C21H33NO2/c1-6-22(7-2)20(23)15-21(18-10-8-17(5)9-11-18)12-13-24-19(14-21)16(3)4/h8-11,16,19H,6-7,12-15H2,1-5H3/t19-,21+/m0/s1. The summed E-state index contributed by atoms with van der Waals surface area (Å²) in [6.07, 6.45) is 2.67. The van der Waals surface area contributed by atoms with E-state index in [9.17, 15) is 4.79 Å². The number of aryl methyl sites for hydroxylation is 1. The van der Waals surface area contributed by atoms with Gasteiger partial charge in [-0.2, -0.15) is 0 Å². The second-order valence-corrected chi connectivity index (χ2v) is 7.50. The van der Waals surface area contributed by atoms with Crippen LogP contribution in [-0.4, -0.2) is 36.6 Å². The molecule has 0 bridgehead atoms. The zero-order chi connectivity index (χ0) is 17.7. The highest BCUT2D eigenvalue weighted by Gasteiger charge is 2.41. The molecule has 1 amide bonds. The lowest BCUT2D eigenvalue weighted by molar-refractivity contribution is -0.134. The van der Waals surface area contributed by atoms with Crippen molar-refractivity contribution < 1.29 is 9.53 Å². The Balaban J connectivity index is 2.34. The van der Waals surface area contributed by atoms with Crippen LogP contribution in [-0.2, 0) is 14.9 Å². The SMILES string of the molecule is CCN(CC)C(=O)C[C@@]1(c2ccc(C)cc2)CCO[C@H](C(C)C)C1. The minimum atomic E-state index is -0.0967. The number of carbonyl (C=O) groups is 1. The highest BCUT2D eigenvalue weighted by atomic mass is 16.5. The molecule has 0 saturated carbocycles. The average molecular weight is 332 g/mol. The zero-order valence-corrected chi connectivity index (χ0v) is 16.0. The molecule has 24 heavy (non-hydrogen) atoms. The normalized spacial score (nSPS) is 24.2. The molecule has 1 aromatic rings. The third kappa shape index (κ3) is 4.18. The molecule has 0 unspecified atom stereocenters. The molecule has 2 atom stereocenters. The molecule has 1 fully saturated rings. The first kappa shape index (κ1) is 19.0. The first-order chi connectivity index (χ1) is 11.4. The number of benzene rings is 1. The van der Waals surface area contributed by atoms with E-state index in [1.165, 1.54) is 11.1 Å².